The Bertz CT molecular complexity index is 1200. The average molecular weight is 618 g/mol. The molecule has 2 fully saturated rings. The van der Waals surface area contributed by atoms with E-state index in [-0.39, 0.29) is 30.6 Å². The molecule has 3 heterocycles. The van der Waals surface area contributed by atoms with Crippen LogP contribution in [0.25, 0.3) is 0 Å². The summed E-state index contributed by atoms with van der Waals surface area (Å²) in [5.41, 5.74) is 0.675. The van der Waals surface area contributed by atoms with Crippen molar-refractivity contribution in [2.24, 2.45) is 11.3 Å². The van der Waals surface area contributed by atoms with Crippen LogP contribution in [0.5, 0.6) is 17.2 Å². The van der Waals surface area contributed by atoms with Gasteiger partial charge in [-0.05, 0) is 36.0 Å². The van der Waals surface area contributed by atoms with Crippen LogP contribution in [0.4, 0.5) is 0 Å². The van der Waals surface area contributed by atoms with Crippen molar-refractivity contribution in [1.29, 1.82) is 0 Å². The lowest BCUT2D eigenvalue weighted by Gasteiger charge is -2.31. The molecule has 1 aromatic rings. The van der Waals surface area contributed by atoms with Gasteiger partial charge in [-0.1, -0.05) is 27.2 Å². The van der Waals surface area contributed by atoms with E-state index in [1.165, 1.54) is 0 Å². The summed E-state index contributed by atoms with van der Waals surface area (Å²) in [4.78, 5) is 45.5. The summed E-state index contributed by atoms with van der Waals surface area (Å²) in [7, 11) is 8.00. The molecule has 3 aliphatic rings. The molecule has 0 spiro atoms. The van der Waals surface area contributed by atoms with Crippen molar-refractivity contribution in [2.75, 3.05) is 80.9 Å². The van der Waals surface area contributed by atoms with E-state index < -0.39 is 23.8 Å². The van der Waals surface area contributed by atoms with Gasteiger partial charge in [-0.15, -0.1) is 0 Å². The Kier molecular flexibility index (Phi) is 10.7. The molecule has 2 saturated heterocycles. The number of carbonyl (C=O) groups is 3. The number of hydrogen-bond donors (Lipinski definition) is 1. The molecule has 0 aliphatic carbocycles. The van der Waals surface area contributed by atoms with Crippen molar-refractivity contribution in [3.05, 3.63) is 17.7 Å². The lowest BCUT2D eigenvalue weighted by molar-refractivity contribution is -0.870. The maximum Gasteiger partial charge on any atom is 0.308 e. The topological polar surface area (TPSA) is 109 Å². The van der Waals surface area contributed by atoms with Gasteiger partial charge in [0.05, 0.1) is 47.3 Å². The molecule has 4 rings (SSSR count). The van der Waals surface area contributed by atoms with Crippen molar-refractivity contribution in [3.8, 4) is 17.2 Å². The van der Waals surface area contributed by atoms with Crippen LogP contribution < -0.4 is 14.2 Å². The SMILES string of the molecule is CCCCN(CCC[N+](C)(C)C)C(=O)CN1CC(c2cc(OC)c3c(c2)OCO3)C(C(=O)O)C1CCN1CC(C)(C)CC1=O. The summed E-state index contributed by atoms with van der Waals surface area (Å²) in [6.45, 7) is 10.3. The van der Waals surface area contributed by atoms with E-state index in [1.807, 2.05) is 26.8 Å². The number of hydrogen-bond acceptors (Lipinski definition) is 7. The zero-order valence-electron chi connectivity index (χ0n) is 27.8. The van der Waals surface area contributed by atoms with Gasteiger partial charge in [0.15, 0.2) is 11.5 Å². The molecule has 0 radical (unpaired) electrons. The molecule has 3 unspecified atom stereocenters. The smallest absolute Gasteiger partial charge is 0.308 e. The molecule has 0 bridgehead atoms. The van der Waals surface area contributed by atoms with Gasteiger partial charge in [-0.3, -0.25) is 19.3 Å². The number of amides is 2. The molecule has 0 aromatic heterocycles. The number of likely N-dealkylation sites (tertiary alicyclic amines) is 2. The molecule has 3 aliphatic heterocycles. The number of methoxy groups -OCH3 is 1. The molecule has 11 nitrogen and oxygen atoms in total. The van der Waals surface area contributed by atoms with Gasteiger partial charge >= 0.3 is 5.97 Å². The average Bonchev–Trinajstić information content (AvgIpc) is 3.62. The summed E-state index contributed by atoms with van der Waals surface area (Å²) < 4.78 is 17.6. The molecule has 1 N–H and O–H groups in total. The quantitative estimate of drug-likeness (QED) is 0.299. The highest BCUT2D eigenvalue weighted by atomic mass is 16.7. The van der Waals surface area contributed by atoms with Crippen LogP contribution in [0.1, 0.15) is 64.4 Å². The maximum absolute atomic E-state index is 13.9. The lowest BCUT2D eigenvalue weighted by Crippen LogP contribution is -2.46. The Labute approximate surface area is 262 Å². The summed E-state index contributed by atoms with van der Waals surface area (Å²) >= 11 is 0. The first-order chi connectivity index (χ1) is 20.7. The number of unbranched alkanes of at least 4 members (excludes halogenated alkanes) is 1. The minimum absolute atomic E-state index is 0.0243. The van der Waals surface area contributed by atoms with Crippen LogP contribution >= 0.6 is 0 Å². The van der Waals surface area contributed by atoms with Gasteiger partial charge in [0.1, 0.15) is 0 Å². The Morgan fingerprint density at radius 2 is 1.89 bits per heavy atom. The minimum Gasteiger partial charge on any atom is -0.493 e. The predicted octanol–water partition coefficient (Wildman–Crippen LogP) is 3.27. The fraction of sp³-hybridized carbons (Fsp3) is 0.727. The number of carbonyl (C=O) groups excluding carboxylic acids is 2. The van der Waals surface area contributed by atoms with Crippen molar-refractivity contribution in [1.82, 2.24) is 14.7 Å². The second-order valence-electron chi connectivity index (χ2n) is 14.5. The number of rotatable bonds is 15. The lowest BCUT2D eigenvalue weighted by atomic mass is 9.84. The third-order valence-corrected chi connectivity index (χ3v) is 9.17. The number of fused-ring (bicyclic) bond motifs is 1. The zero-order chi connectivity index (χ0) is 32.2. The normalized spacial score (nSPS) is 22.9. The van der Waals surface area contributed by atoms with E-state index in [4.69, 9.17) is 14.2 Å². The summed E-state index contributed by atoms with van der Waals surface area (Å²) in [5, 5.41) is 10.6. The summed E-state index contributed by atoms with van der Waals surface area (Å²) in [6, 6.07) is 3.26. The van der Waals surface area contributed by atoms with Gasteiger partial charge < -0.3 is 33.6 Å². The highest BCUT2D eigenvalue weighted by molar-refractivity contribution is 5.80. The first-order valence-electron chi connectivity index (χ1n) is 16.0. The molecule has 1 aromatic carbocycles. The number of carboxylic acid groups (broad SMARTS) is 1. The van der Waals surface area contributed by atoms with Crippen molar-refractivity contribution < 1.29 is 38.2 Å². The molecule has 0 saturated carbocycles. The van der Waals surface area contributed by atoms with E-state index in [2.05, 4.69) is 41.9 Å². The molecule has 2 amide bonds. The Morgan fingerprint density at radius 3 is 2.50 bits per heavy atom. The van der Waals surface area contributed by atoms with Crippen molar-refractivity contribution in [3.63, 3.8) is 0 Å². The van der Waals surface area contributed by atoms with E-state index >= 15 is 0 Å². The van der Waals surface area contributed by atoms with Crippen LogP contribution in [0.2, 0.25) is 0 Å². The molecular weight excluding hydrogens is 564 g/mol. The maximum atomic E-state index is 13.9. The summed E-state index contributed by atoms with van der Waals surface area (Å²) in [5.74, 6) is -0.423. The van der Waals surface area contributed by atoms with E-state index in [1.54, 1.807) is 7.11 Å². The third kappa shape index (κ3) is 8.15. The molecular formula is C33H53N4O7+. The summed E-state index contributed by atoms with van der Waals surface area (Å²) in [6.07, 6.45) is 3.76. The fourth-order valence-electron chi connectivity index (χ4n) is 6.95. The minimum atomic E-state index is -0.912. The number of aliphatic carboxylic acids is 1. The van der Waals surface area contributed by atoms with Crippen LogP contribution in [-0.2, 0) is 14.4 Å². The van der Waals surface area contributed by atoms with Crippen LogP contribution in [0, 0.1) is 11.3 Å². The Hall–Kier alpha value is -3.05. The monoisotopic (exact) mass is 617 g/mol. The second kappa shape index (κ2) is 13.9. The fourth-order valence-corrected chi connectivity index (χ4v) is 6.95. The number of ether oxygens (including phenoxy) is 3. The van der Waals surface area contributed by atoms with Gasteiger partial charge in [0.2, 0.25) is 24.4 Å². The Morgan fingerprint density at radius 1 is 1.16 bits per heavy atom. The first-order valence-corrected chi connectivity index (χ1v) is 16.0. The number of carboxylic acids is 1. The molecule has 44 heavy (non-hydrogen) atoms. The second-order valence-corrected chi connectivity index (χ2v) is 14.5. The molecule has 246 valence electrons. The Balaban J connectivity index is 1.61. The number of nitrogens with zero attached hydrogens (tertiary/aromatic N) is 4. The molecule has 3 atom stereocenters. The van der Waals surface area contributed by atoms with E-state index in [0.29, 0.717) is 62.8 Å². The van der Waals surface area contributed by atoms with E-state index in [0.717, 1.165) is 35.9 Å². The van der Waals surface area contributed by atoms with Gasteiger partial charge in [0, 0.05) is 57.5 Å². The largest absolute Gasteiger partial charge is 0.493 e. The van der Waals surface area contributed by atoms with Crippen molar-refractivity contribution >= 4 is 17.8 Å². The van der Waals surface area contributed by atoms with Crippen LogP contribution in [-0.4, -0.2) is 129 Å². The van der Waals surface area contributed by atoms with Gasteiger partial charge in [0.25, 0.3) is 0 Å². The predicted molar refractivity (Wildman–Crippen MR) is 167 cm³/mol. The number of quaternary nitrogens is 1. The highest BCUT2D eigenvalue weighted by Crippen LogP contribution is 2.47. The first kappa shape index (κ1) is 33.8. The zero-order valence-corrected chi connectivity index (χ0v) is 27.8. The van der Waals surface area contributed by atoms with E-state index in [9.17, 15) is 19.5 Å². The molecule has 11 heteroatoms. The standard InChI is InChI=1S/C33H52N4O7/c1-8-9-12-34(13-10-15-37(4,5)6)29(39)20-36-19-24(23-16-26(42-7)31-27(17-23)43-22-44-31)30(32(40)41)25(36)11-14-35-21-33(2,3)18-28(35)38/h16-17,24-25,30H,8-15,18-22H2,1-7H3/p+1. The number of benzene rings is 1. The van der Waals surface area contributed by atoms with Crippen LogP contribution in [0.15, 0.2) is 12.1 Å². The van der Waals surface area contributed by atoms with Crippen LogP contribution in [0.3, 0.4) is 0 Å². The highest BCUT2D eigenvalue weighted by Gasteiger charge is 2.48. The van der Waals surface area contributed by atoms with Crippen molar-refractivity contribution in [2.45, 2.75) is 64.8 Å². The van der Waals surface area contributed by atoms with Gasteiger partial charge in [-0.25, -0.2) is 0 Å². The third-order valence-electron chi connectivity index (χ3n) is 9.17. The van der Waals surface area contributed by atoms with Gasteiger partial charge in [-0.2, -0.15) is 0 Å².